The maximum atomic E-state index is 8.74. The van der Waals surface area contributed by atoms with Gasteiger partial charge in [0.15, 0.2) is 0 Å². The van der Waals surface area contributed by atoms with Gasteiger partial charge in [-0.15, -0.1) is 0 Å². The van der Waals surface area contributed by atoms with Gasteiger partial charge in [0, 0.05) is 10.8 Å². The minimum atomic E-state index is -0.0162. The highest BCUT2D eigenvalue weighted by Crippen LogP contribution is 1.96. The molecule has 4 nitrogen and oxygen atoms in total. The highest BCUT2D eigenvalue weighted by atomic mass is 17.1. The van der Waals surface area contributed by atoms with Gasteiger partial charge in [-0.05, 0) is 6.07 Å². The summed E-state index contributed by atoms with van der Waals surface area (Å²) >= 11 is 0. The summed E-state index contributed by atoms with van der Waals surface area (Å²) < 4.78 is 0.667. The molecule has 0 amide bonds. The Balaban J connectivity index is 3.01. The third-order valence-electron chi connectivity index (χ3n) is 0.897. The van der Waals surface area contributed by atoms with Gasteiger partial charge in [-0.2, -0.15) is 5.26 Å². The SMILES string of the molecule is OOc1cccc[n+]1O. The van der Waals surface area contributed by atoms with Crippen LogP contribution in [-0.2, 0) is 0 Å². The Labute approximate surface area is 51.4 Å². The van der Waals surface area contributed by atoms with E-state index in [1.54, 1.807) is 12.1 Å². The summed E-state index contributed by atoms with van der Waals surface area (Å²) in [4.78, 5) is 3.76. The van der Waals surface area contributed by atoms with E-state index in [1.165, 1.54) is 12.3 Å². The first-order valence-electron chi connectivity index (χ1n) is 2.36. The van der Waals surface area contributed by atoms with Crippen LogP contribution in [0.2, 0.25) is 0 Å². The Bertz CT molecular complexity index is 201. The molecule has 1 aromatic rings. The fraction of sp³-hybridized carbons (Fsp3) is 0. The molecule has 48 valence electrons. The highest BCUT2D eigenvalue weighted by Gasteiger charge is 2.06. The van der Waals surface area contributed by atoms with Crippen molar-refractivity contribution in [1.82, 2.24) is 0 Å². The van der Waals surface area contributed by atoms with Gasteiger partial charge in [0.1, 0.15) is 0 Å². The molecule has 0 aromatic carbocycles. The van der Waals surface area contributed by atoms with Crippen molar-refractivity contribution in [3.8, 4) is 5.88 Å². The zero-order chi connectivity index (χ0) is 6.69. The van der Waals surface area contributed by atoms with E-state index < -0.39 is 0 Å². The molecule has 0 unspecified atom stereocenters. The van der Waals surface area contributed by atoms with Crippen molar-refractivity contribution in [1.29, 1.82) is 0 Å². The van der Waals surface area contributed by atoms with E-state index in [9.17, 15) is 0 Å². The van der Waals surface area contributed by atoms with E-state index in [2.05, 4.69) is 4.89 Å². The van der Waals surface area contributed by atoms with Gasteiger partial charge in [0.25, 0.3) is 0 Å². The van der Waals surface area contributed by atoms with Crippen LogP contribution in [-0.4, -0.2) is 10.5 Å². The van der Waals surface area contributed by atoms with Crippen LogP contribution in [0.4, 0.5) is 0 Å². The van der Waals surface area contributed by atoms with E-state index >= 15 is 0 Å². The maximum Gasteiger partial charge on any atom is 0.447 e. The number of aromatic nitrogens is 1. The minimum Gasteiger partial charge on any atom is -0.282 e. The average molecular weight is 128 g/mol. The Morgan fingerprint density at radius 1 is 1.44 bits per heavy atom. The van der Waals surface area contributed by atoms with Crippen LogP contribution in [0.5, 0.6) is 5.88 Å². The topological polar surface area (TPSA) is 53.6 Å². The summed E-state index contributed by atoms with van der Waals surface area (Å²) in [5.74, 6) is -0.0162. The first-order valence-corrected chi connectivity index (χ1v) is 2.36. The molecule has 9 heavy (non-hydrogen) atoms. The van der Waals surface area contributed by atoms with Crippen LogP contribution in [0, 0.1) is 0 Å². The van der Waals surface area contributed by atoms with Gasteiger partial charge in [-0.25, -0.2) is 0 Å². The fourth-order valence-electron chi connectivity index (χ4n) is 0.491. The molecule has 0 saturated heterocycles. The predicted octanol–water partition coefficient (Wildman–Crippen LogP) is 0.0632. The molecule has 0 aliphatic carbocycles. The number of pyridine rings is 1. The van der Waals surface area contributed by atoms with Crippen molar-refractivity contribution in [3.05, 3.63) is 24.4 Å². The number of nitrogens with zero attached hydrogens (tertiary/aromatic N) is 1. The molecule has 2 N–H and O–H groups in total. The Kier molecular flexibility index (Phi) is 1.51. The largest absolute Gasteiger partial charge is 0.447 e. The molecule has 1 aromatic heterocycles. The second kappa shape index (κ2) is 2.32. The lowest BCUT2D eigenvalue weighted by Crippen LogP contribution is -2.30. The highest BCUT2D eigenvalue weighted by molar-refractivity contribution is 5.00. The first kappa shape index (κ1) is 5.84. The molecule has 1 heterocycles. The van der Waals surface area contributed by atoms with Crippen molar-refractivity contribution in [2.75, 3.05) is 0 Å². The Morgan fingerprint density at radius 2 is 2.22 bits per heavy atom. The number of rotatable bonds is 1. The summed E-state index contributed by atoms with van der Waals surface area (Å²) in [6.07, 6.45) is 1.34. The van der Waals surface area contributed by atoms with Gasteiger partial charge in [0.2, 0.25) is 6.20 Å². The van der Waals surface area contributed by atoms with Gasteiger partial charge in [-0.3, -0.25) is 10.1 Å². The molecule has 0 aliphatic rings. The smallest absolute Gasteiger partial charge is 0.282 e. The molecule has 0 saturated carbocycles. The molecule has 0 bridgehead atoms. The first-order chi connectivity index (χ1) is 4.34. The Hall–Kier alpha value is -1.29. The van der Waals surface area contributed by atoms with E-state index in [-0.39, 0.29) is 5.88 Å². The molecule has 0 fully saturated rings. The van der Waals surface area contributed by atoms with Crippen molar-refractivity contribution in [2.45, 2.75) is 0 Å². The Morgan fingerprint density at radius 3 is 2.67 bits per heavy atom. The molecular weight excluding hydrogens is 122 g/mol. The third kappa shape index (κ3) is 1.09. The molecule has 0 aliphatic heterocycles. The van der Waals surface area contributed by atoms with Crippen LogP contribution in [0.1, 0.15) is 0 Å². The minimum absolute atomic E-state index is 0.0162. The van der Waals surface area contributed by atoms with Gasteiger partial charge >= 0.3 is 5.88 Å². The molecule has 0 atom stereocenters. The zero-order valence-corrected chi connectivity index (χ0v) is 4.56. The average Bonchev–Trinajstić information content (AvgIpc) is 1.89. The second-order valence-corrected chi connectivity index (χ2v) is 1.47. The van der Waals surface area contributed by atoms with Crippen molar-refractivity contribution >= 4 is 0 Å². The van der Waals surface area contributed by atoms with E-state index in [0.717, 1.165) is 0 Å². The predicted molar refractivity (Wildman–Crippen MR) is 27.1 cm³/mol. The third-order valence-corrected chi connectivity index (χ3v) is 0.897. The van der Waals surface area contributed by atoms with Gasteiger partial charge in [0.05, 0.1) is 6.07 Å². The van der Waals surface area contributed by atoms with Crippen LogP contribution >= 0.6 is 0 Å². The lowest BCUT2D eigenvalue weighted by atomic mass is 10.5. The second-order valence-electron chi connectivity index (χ2n) is 1.47. The molecule has 4 heteroatoms. The molecule has 0 spiro atoms. The quantitative estimate of drug-likeness (QED) is 0.243. The van der Waals surface area contributed by atoms with Crippen LogP contribution < -0.4 is 9.62 Å². The van der Waals surface area contributed by atoms with Gasteiger partial charge < -0.3 is 0 Å². The number of hydrogen-bond donors (Lipinski definition) is 2. The standard InChI is InChI=1S/C5H5NO3/c7-6-4-2-1-3-5(6)9-8/h1-4H,(H-,7,8)/p+1. The van der Waals surface area contributed by atoms with Gasteiger partial charge in [-0.1, -0.05) is 0 Å². The lowest BCUT2D eigenvalue weighted by Gasteiger charge is -1.87. The molecule has 1 rings (SSSR count). The number of hydrogen-bond acceptors (Lipinski definition) is 3. The maximum absolute atomic E-state index is 8.74. The van der Waals surface area contributed by atoms with Crippen LogP contribution in [0.25, 0.3) is 0 Å². The summed E-state index contributed by atoms with van der Waals surface area (Å²) in [5.41, 5.74) is 0. The summed E-state index contributed by atoms with van der Waals surface area (Å²) in [5, 5.41) is 16.8. The summed E-state index contributed by atoms with van der Waals surface area (Å²) in [6, 6.07) is 4.64. The lowest BCUT2D eigenvalue weighted by molar-refractivity contribution is -0.909. The monoisotopic (exact) mass is 128 g/mol. The van der Waals surface area contributed by atoms with Crippen molar-refractivity contribution < 1.29 is 20.1 Å². The van der Waals surface area contributed by atoms with E-state index in [4.69, 9.17) is 10.5 Å². The summed E-state index contributed by atoms with van der Waals surface area (Å²) in [7, 11) is 0. The van der Waals surface area contributed by atoms with E-state index in [0.29, 0.717) is 4.73 Å². The van der Waals surface area contributed by atoms with Crippen molar-refractivity contribution in [2.24, 2.45) is 0 Å². The normalized spacial score (nSPS) is 9.00. The zero-order valence-electron chi connectivity index (χ0n) is 4.56. The van der Waals surface area contributed by atoms with E-state index in [1.807, 2.05) is 0 Å². The molecule has 0 radical (unpaired) electrons. The fourth-order valence-corrected chi connectivity index (χ4v) is 0.491. The summed E-state index contributed by atoms with van der Waals surface area (Å²) in [6.45, 7) is 0. The van der Waals surface area contributed by atoms with Crippen LogP contribution in [0.15, 0.2) is 24.4 Å². The molecular formula is C5H6NO3+. The van der Waals surface area contributed by atoms with Crippen LogP contribution in [0.3, 0.4) is 0 Å². The van der Waals surface area contributed by atoms with Crippen molar-refractivity contribution in [3.63, 3.8) is 0 Å².